The number of likely N-dealkylation sites (tertiary alicyclic amines) is 1. The second-order valence-electron chi connectivity index (χ2n) is 4.60. The minimum absolute atomic E-state index is 0.0152. The number of nitrogens with zero attached hydrogens (tertiary/aromatic N) is 1. The van der Waals surface area contributed by atoms with Gasteiger partial charge in [0.15, 0.2) is 0 Å². The molecule has 1 fully saturated rings. The second kappa shape index (κ2) is 5.30. The number of hydrogen-bond donors (Lipinski definition) is 2. The van der Waals surface area contributed by atoms with Crippen molar-refractivity contribution in [2.24, 2.45) is 5.41 Å². The first-order valence-corrected chi connectivity index (χ1v) is 5.70. The molecule has 0 atom stereocenters. The predicted octanol–water partition coefficient (Wildman–Crippen LogP) is 0.309. The maximum Gasteiger partial charge on any atom is 0.309 e. The van der Waals surface area contributed by atoms with Gasteiger partial charge >= 0.3 is 5.97 Å². The van der Waals surface area contributed by atoms with Crippen molar-refractivity contribution in [3.63, 3.8) is 0 Å². The summed E-state index contributed by atoms with van der Waals surface area (Å²) >= 11 is 0. The zero-order chi connectivity index (χ0) is 12.2. The van der Waals surface area contributed by atoms with Crippen LogP contribution in [0, 0.1) is 5.41 Å². The Morgan fingerprint density at radius 2 is 1.94 bits per heavy atom. The average molecular weight is 228 g/mol. The smallest absolute Gasteiger partial charge is 0.309 e. The summed E-state index contributed by atoms with van der Waals surface area (Å²) in [6, 6.07) is 0. The molecule has 0 aromatic carbocycles. The fourth-order valence-electron chi connectivity index (χ4n) is 1.87. The van der Waals surface area contributed by atoms with Crippen LogP contribution in [0.5, 0.6) is 0 Å². The molecule has 1 aliphatic rings. The Hall–Kier alpha value is -1.10. The highest BCUT2D eigenvalue weighted by atomic mass is 16.4. The number of carboxylic acids is 1. The Labute approximate surface area is 95.8 Å². The van der Waals surface area contributed by atoms with Crippen molar-refractivity contribution in [3.05, 3.63) is 0 Å². The molecule has 5 heteroatoms. The van der Waals surface area contributed by atoms with Gasteiger partial charge in [-0.05, 0) is 39.8 Å². The molecule has 5 nitrogen and oxygen atoms in total. The number of carbonyl (C=O) groups is 2. The largest absolute Gasteiger partial charge is 0.481 e. The Bertz CT molecular complexity index is 270. The highest BCUT2D eigenvalue weighted by Gasteiger charge is 2.36. The van der Waals surface area contributed by atoms with E-state index >= 15 is 0 Å². The lowest BCUT2D eigenvalue weighted by Gasteiger charge is -2.35. The van der Waals surface area contributed by atoms with Crippen LogP contribution in [0.25, 0.3) is 0 Å². The molecule has 0 spiro atoms. The molecule has 92 valence electrons. The van der Waals surface area contributed by atoms with Crippen molar-refractivity contribution in [3.8, 4) is 0 Å². The first-order valence-electron chi connectivity index (χ1n) is 5.70. The average Bonchev–Trinajstić information content (AvgIpc) is 2.22. The first kappa shape index (κ1) is 13.0. The Morgan fingerprint density at radius 3 is 2.38 bits per heavy atom. The molecule has 1 rings (SSSR count). The lowest BCUT2D eigenvalue weighted by molar-refractivity contribution is -0.150. The van der Waals surface area contributed by atoms with Crippen LogP contribution in [-0.2, 0) is 9.59 Å². The molecule has 1 aliphatic heterocycles. The van der Waals surface area contributed by atoms with E-state index in [1.807, 2.05) is 11.8 Å². The zero-order valence-corrected chi connectivity index (χ0v) is 9.95. The summed E-state index contributed by atoms with van der Waals surface area (Å²) in [6.45, 7) is 6.04. The van der Waals surface area contributed by atoms with Gasteiger partial charge in [-0.15, -0.1) is 0 Å². The highest BCUT2D eigenvalue weighted by molar-refractivity contribution is 5.78. The van der Waals surface area contributed by atoms with Crippen molar-refractivity contribution < 1.29 is 14.7 Å². The summed E-state index contributed by atoms with van der Waals surface area (Å²) in [6.07, 6.45) is 1.23. The molecule has 2 N–H and O–H groups in total. The van der Waals surface area contributed by atoms with E-state index in [9.17, 15) is 9.59 Å². The number of piperidine rings is 1. The van der Waals surface area contributed by atoms with Crippen LogP contribution in [0.1, 0.15) is 26.7 Å². The number of carboxylic acid groups (broad SMARTS) is 1. The van der Waals surface area contributed by atoms with Crippen molar-refractivity contribution in [1.82, 2.24) is 10.2 Å². The first-order chi connectivity index (χ1) is 7.48. The third-order valence-electron chi connectivity index (χ3n) is 3.22. The van der Waals surface area contributed by atoms with E-state index in [1.165, 1.54) is 0 Å². The van der Waals surface area contributed by atoms with Crippen LogP contribution in [0.2, 0.25) is 0 Å². The number of hydrogen-bond acceptors (Lipinski definition) is 3. The van der Waals surface area contributed by atoms with Gasteiger partial charge in [-0.1, -0.05) is 0 Å². The van der Waals surface area contributed by atoms with Crippen molar-refractivity contribution in [2.75, 3.05) is 26.2 Å². The maximum absolute atomic E-state index is 11.3. The molecule has 1 saturated heterocycles. The predicted molar refractivity (Wildman–Crippen MR) is 60.1 cm³/mol. The van der Waals surface area contributed by atoms with Gasteiger partial charge in [-0.25, -0.2) is 0 Å². The van der Waals surface area contributed by atoms with E-state index in [2.05, 4.69) is 5.32 Å². The van der Waals surface area contributed by atoms with Crippen molar-refractivity contribution in [2.45, 2.75) is 26.7 Å². The van der Waals surface area contributed by atoms with Gasteiger partial charge in [0.25, 0.3) is 0 Å². The van der Waals surface area contributed by atoms with Gasteiger partial charge in [0.2, 0.25) is 5.91 Å². The van der Waals surface area contributed by atoms with Gasteiger partial charge in [-0.3, -0.25) is 14.5 Å². The van der Waals surface area contributed by atoms with E-state index in [0.717, 1.165) is 0 Å². The molecule has 1 heterocycles. The van der Waals surface area contributed by atoms with E-state index in [-0.39, 0.29) is 5.91 Å². The van der Waals surface area contributed by atoms with Crippen LogP contribution in [0.15, 0.2) is 0 Å². The van der Waals surface area contributed by atoms with Crippen molar-refractivity contribution in [1.29, 1.82) is 0 Å². The number of carbonyl (C=O) groups excluding carboxylic acids is 1. The van der Waals surface area contributed by atoms with Crippen LogP contribution in [0.4, 0.5) is 0 Å². The topological polar surface area (TPSA) is 69.6 Å². The van der Waals surface area contributed by atoms with E-state index in [4.69, 9.17) is 5.11 Å². The summed E-state index contributed by atoms with van der Waals surface area (Å²) in [7, 11) is 0. The molecule has 0 aliphatic carbocycles. The molecular formula is C11H20N2O3. The van der Waals surface area contributed by atoms with Gasteiger partial charge < -0.3 is 10.4 Å². The Kier molecular flexibility index (Phi) is 4.29. The molecule has 0 bridgehead atoms. The summed E-state index contributed by atoms with van der Waals surface area (Å²) in [5, 5.41) is 11.8. The van der Waals surface area contributed by atoms with Crippen molar-refractivity contribution >= 4 is 11.9 Å². The van der Waals surface area contributed by atoms with Gasteiger partial charge in [0.05, 0.1) is 12.0 Å². The summed E-state index contributed by atoms with van der Waals surface area (Å²) < 4.78 is 0. The van der Waals surface area contributed by atoms with E-state index in [1.54, 1.807) is 6.92 Å². The van der Waals surface area contributed by atoms with Crippen LogP contribution in [-0.4, -0.2) is 48.1 Å². The Morgan fingerprint density at radius 1 is 1.38 bits per heavy atom. The fourth-order valence-corrected chi connectivity index (χ4v) is 1.87. The minimum atomic E-state index is -0.731. The number of rotatable bonds is 4. The summed E-state index contributed by atoms with van der Waals surface area (Å²) in [5.41, 5.74) is -0.613. The highest BCUT2D eigenvalue weighted by Crippen LogP contribution is 2.30. The molecule has 16 heavy (non-hydrogen) atoms. The van der Waals surface area contributed by atoms with Gasteiger partial charge in [0.1, 0.15) is 0 Å². The Balaban J connectivity index is 2.37. The third-order valence-corrected chi connectivity index (χ3v) is 3.22. The molecule has 1 amide bonds. The normalized spacial score (nSPS) is 20.4. The lowest BCUT2D eigenvalue weighted by atomic mass is 9.80. The standard InChI is InChI=1S/C11H20N2O3/c1-3-12-9(14)8-13-6-4-11(2,5-7-13)10(15)16/h3-8H2,1-2H3,(H,12,14)(H,15,16). The monoisotopic (exact) mass is 228 g/mol. The lowest BCUT2D eigenvalue weighted by Crippen LogP contribution is -2.46. The number of nitrogens with one attached hydrogen (secondary N) is 1. The zero-order valence-electron chi connectivity index (χ0n) is 9.95. The van der Waals surface area contributed by atoms with E-state index < -0.39 is 11.4 Å². The fraction of sp³-hybridized carbons (Fsp3) is 0.818. The number of aliphatic carboxylic acids is 1. The SMILES string of the molecule is CCNC(=O)CN1CCC(C)(C(=O)O)CC1. The van der Waals surface area contributed by atoms with Crippen LogP contribution in [0.3, 0.4) is 0 Å². The quantitative estimate of drug-likeness (QED) is 0.726. The van der Waals surface area contributed by atoms with E-state index in [0.29, 0.717) is 39.0 Å². The second-order valence-corrected chi connectivity index (χ2v) is 4.60. The maximum atomic E-state index is 11.3. The molecular weight excluding hydrogens is 208 g/mol. The van der Waals surface area contributed by atoms with Gasteiger partial charge in [0, 0.05) is 6.54 Å². The molecule has 0 saturated carbocycles. The number of amides is 1. The number of likely N-dealkylation sites (N-methyl/N-ethyl adjacent to an activating group) is 1. The molecule has 0 unspecified atom stereocenters. The van der Waals surface area contributed by atoms with Crippen LogP contribution < -0.4 is 5.32 Å². The van der Waals surface area contributed by atoms with Crippen LogP contribution >= 0.6 is 0 Å². The summed E-state index contributed by atoms with van der Waals surface area (Å²) in [5.74, 6) is -0.716. The molecule has 0 radical (unpaired) electrons. The molecule has 0 aromatic rings. The summed E-state index contributed by atoms with van der Waals surface area (Å²) in [4.78, 5) is 24.4. The third kappa shape index (κ3) is 3.20. The minimum Gasteiger partial charge on any atom is -0.481 e. The van der Waals surface area contributed by atoms with Gasteiger partial charge in [-0.2, -0.15) is 0 Å². The molecule has 0 aromatic heterocycles.